The van der Waals surface area contributed by atoms with Crippen molar-refractivity contribution < 1.29 is 24.2 Å². The van der Waals surface area contributed by atoms with Crippen LogP contribution in [0.4, 0.5) is 0 Å². The lowest BCUT2D eigenvalue weighted by Crippen LogP contribution is -2.45. The van der Waals surface area contributed by atoms with Crippen LogP contribution in [0.3, 0.4) is 0 Å². The normalized spacial score (nSPS) is 24.4. The number of fused-ring (bicyclic) bond motifs is 1. The molecule has 1 N–H and O–H groups in total. The van der Waals surface area contributed by atoms with Crippen molar-refractivity contribution in [2.24, 2.45) is 11.3 Å². The standard InChI is InChI=1S/C20H21NO5S/c22-18(21-10-15-11-25-7-6-20(15,13-21)19(23)24)14-3-1-4-16(9-14)26-12-17-5-2-8-27-17/h1-5,8-9,15H,6-7,10-13H2,(H,23,24)/t15-,20+/m0/s1. The summed E-state index contributed by atoms with van der Waals surface area (Å²) >= 11 is 1.62. The van der Waals surface area contributed by atoms with Gasteiger partial charge in [-0.25, -0.2) is 0 Å². The molecule has 0 spiro atoms. The Morgan fingerprint density at radius 1 is 1.33 bits per heavy atom. The number of hydrogen-bond acceptors (Lipinski definition) is 5. The zero-order chi connectivity index (χ0) is 18.9. The molecule has 6 nitrogen and oxygen atoms in total. The average Bonchev–Trinajstić information content (AvgIpc) is 3.34. The predicted molar refractivity (Wildman–Crippen MR) is 100.0 cm³/mol. The van der Waals surface area contributed by atoms with Crippen LogP contribution in [0.15, 0.2) is 41.8 Å². The van der Waals surface area contributed by atoms with Crippen molar-refractivity contribution in [3.05, 3.63) is 52.2 Å². The van der Waals surface area contributed by atoms with E-state index in [1.54, 1.807) is 34.4 Å². The highest BCUT2D eigenvalue weighted by Gasteiger charge is 2.54. The number of aliphatic carboxylic acids is 1. The van der Waals surface area contributed by atoms with Crippen LogP contribution in [0.25, 0.3) is 0 Å². The van der Waals surface area contributed by atoms with Gasteiger partial charge in [0.15, 0.2) is 0 Å². The first kappa shape index (κ1) is 18.0. The number of carboxylic acid groups (broad SMARTS) is 1. The fraction of sp³-hybridized carbons (Fsp3) is 0.400. The molecule has 1 aromatic carbocycles. The van der Waals surface area contributed by atoms with E-state index >= 15 is 0 Å². The van der Waals surface area contributed by atoms with Gasteiger partial charge in [0.25, 0.3) is 5.91 Å². The molecule has 2 aromatic rings. The minimum absolute atomic E-state index is 0.161. The van der Waals surface area contributed by atoms with Crippen molar-refractivity contribution in [2.75, 3.05) is 26.3 Å². The van der Waals surface area contributed by atoms with Crippen molar-refractivity contribution in [1.82, 2.24) is 4.90 Å². The van der Waals surface area contributed by atoms with Gasteiger partial charge in [-0.3, -0.25) is 9.59 Å². The van der Waals surface area contributed by atoms with Crippen molar-refractivity contribution in [2.45, 2.75) is 13.0 Å². The number of hydrogen-bond donors (Lipinski definition) is 1. The van der Waals surface area contributed by atoms with Gasteiger partial charge < -0.3 is 19.5 Å². The second-order valence-corrected chi connectivity index (χ2v) is 8.10. The summed E-state index contributed by atoms with van der Waals surface area (Å²) in [5, 5.41) is 11.8. The average molecular weight is 387 g/mol. The monoisotopic (exact) mass is 387 g/mol. The molecule has 142 valence electrons. The van der Waals surface area contributed by atoms with Crippen LogP contribution in [0, 0.1) is 11.3 Å². The number of carbonyl (C=O) groups is 2. The molecule has 2 aliphatic heterocycles. The van der Waals surface area contributed by atoms with Crippen molar-refractivity contribution in [3.63, 3.8) is 0 Å². The van der Waals surface area contributed by atoms with Crippen LogP contribution in [0.2, 0.25) is 0 Å². The highest BCUT2D eigenvalue weighted by atomic mass is 32.1. The number of rotatable bonds is 5. The fourth-order valence-electron chi connectivity index (χ4n) is 3.90. The molecule has 4 rings (SSSR count). The van der Waals surface area contributed by atoms with Crippen molar-refractivity contribution >= 4 is 23.2 Å². The third-order valence-electron chi connectivity index (χ3n) is 5.46. The summed E-state index contributed by atoms with van der Waals surface area (Å²) in [6.07, 6.45) is 0.445. The lowest BCUT2D eigenvalue weighted by Gasteiger charge is -2.33. The van der Waals surface area contributed by atoms with Crippen LogP contribution in [0.5, 0.6) is 5.75 Å². The molecule has 2 fully saturated rings. The fourth-order valence-corrected chi connectivity index (χ4v) is 4.52. The number of carboxylic acids is 1. The van der Waals surface area contributed by atoms with Crippen molar-refractivity contribution in [1.29, 1.82) is 0 Å². The van der Waals surface area contributed by atoms with E-state index in [2.05, 4.69) is 0 Å². The maximum atomic E-state index is 13.0. The van der Waals surface area contributed by atoms with E-state index in [0.717, 1.165) is 4.88 Å². The molecule has 2 atom stereocenters. The van der Waals surface area contributed by atoms with E-state index in [9.17, 15) is 14.7 Å². The summed E-state index contributed by atoms with van der Waals surface area (Å²) in [6.45, 7) is 1.92. The van der Waals surface area contributed by atoms with Gasteiger partial charge in [0.05, 0.1) is 12.0 Å². The number of carbonyl (C=O) groups excluding carboxylic acids is 1. The van der Waals surface area contributed by atoms with E-state index in [1.807, 2.05) is 23.6 Å². The first-order valence-electron chi connectivity index (χ1n) is 8.94. The molecule has 27 heavy (non-hydrogen) atoms. The molecule has 2 saturated heterocycles. The Hall–Kier alpha value is -2.38. The molecule has 0 radical (unpaired) electrons. The molecule has 0 bridgehead atoms. The smallest absolute Gasteiger partial charge is 0.311 e. The van der Waals surface area contributed by atoms with Crippen LogP contribution < -0.4 is 4.74 Å². The van der Waals surface area contributed by atoms with Gasteiger partial charge in [0, 0.05) is 36.1 Å². The number of nitrogens with zero attached hydrogens (tertiary/aromatic N) is 1. The van der Waals surface area contributed by atoms with E-state index in [4.69, 9.17) is 9.47 Å². The summed E-state index contributed by atoms with van der Waals surface area (Å²) in [4.78, 5) is 27.6. The Balaban J connectivity index is 1.48. The molecule has 0 saturated carbocycles. The molecular formula is C20H21NO5S. The Kier molecular flexibility index (Phi) is 4.88. The molecular weight excluding hydrogens is 366 g/mol. The minimum atomic E-state index is -0.888. The quantitative estimate of drug-likeness (QED) is 0.854. The van der Waals surface area contributed by atoms with E-state index in [1.165, 1.54) is 0 Å². The zero-order valence-electron chi connectivity index (χ0n) is 14.8. The van der Waals surface area contributed by atoms with Gasteiger partial charge in [0.1, 0.15) is 12.4 Å². The number of thiophene rings is 1. The number of benzene rings is 1. The highest BCUT2D eigenvalue weighted by molar-refractivity contribution is 7.09. The molecule has 0 aliphatic carbocycles. The summed E-state index contributed by atoms with van der Waals surface area (Å²) in [6, 6.07) is 11.0. The lowest BCUT2D eigenvalue weighted by atomic mass is 9.74. The third-order valence-corrected chi connectivity index (χ3v) is 6.31. The summed E-state index contributed by atoms with van der Waals surface area (Å²) < 4.78 is 11.2. The topological polar surface area (TPSA) is 76.1 Å². The third kappa shape index (κ3) is 3.44. The summed E-state index contributed by atoms with van der Waals surface area (Å²) in [5.41, 5.74) is -0.375. The Morgan fingerprint density at radius 3 is 2.96 bits per heavy atom. The Labute approximate surface area is 161 Å². The van der Waals surface area contributed by atoms with E-state index < -0.39 is 11.4 Å². The van der Waals surface area contributed by atoms with Crippen LogP contribution in [0.1, 0.15) is 21.7 Å². The second kappa shape index (κ2) is 7.32. The van der Waals surface area contributed by atoms with Crippen LogP contribution >= 0.6 is 11.3 Å². The van der Waals surface area contributed by atoms with E-state index in [-0.39, 0.29) is 18.4 Å². The maximum absolute atomic E-state index is 13.0. The van der Waals surface area contributed by atoms with Gasteiger partial charge in [-0.1, -0.05) is 12.1 Å². The van der Waals surface area contributed by atoms with Crippen LogP contribution in [-0.2, 0) is 16.1 Å². The van der Waals surface area contributed by atoms with Gasteiger partial charge in [-0.2, -0.15) is 0 Å². The Bertz CT molecular complexity index is 837. The summed E-state index contributed by atoms with van der Waals surface area (Å²) in [7, 11) is 0. The summed E-state index contributed by atoms with van der Waals surface area (Å²) in [5.74, 6) is -0.529. The highest BCUT2D eigenvalue weighted by Crippen LogP contribution is 2.42. The first-order valence-corrected chi connectivity index (χ1v) is 9.82. The molecule has 7 heteroatoms. The largest absolute Gasteiger partial charge is 0.488 e. The predicted octanol–water partition coefficient (Wildman–Crippen LogP) is 2.89. The Morgan fingerprint density at radius 2 is 2.22 bits per heavy atom. The minimum Gasteiger partial charge on any atom is -0.488 e. The van der Waals surface area contributed by atoms with Gasteiger partial charge in [-0.15, -0.1) is 11.3 Å². The first-order chi connectivity index (χ1) is 13.1. The van der Waals surface area contributed by atoms with Gasteiger partial charge in [0.2, 0.25) is 0 Å². The zero-order valence-corrected chi connectivity index (χ0v) is 15.6. The maximum Gasteiger partial charge on any atom is 0.311 e. The van der Waals surface area contributed by atoms with Gasteiger partial charge >= 0.3 is 5.97 Å². The molecule has 1 amide bonds. The number of amides is 1. The molecule has 2 aliphatic rings. The molecule has 0 unspecified atom stereocenters. The lowest BCUT2D eigenvalue weighted by molar-refractivity contribution is -0.157. The SMILES string of the molecule is O=C(c1cccc(OCc2cccs2)c1)N1C[C@H]2COCC[C@@]2(C(=O)O)C1. The number of ether oxygens (including phenoxy) is 2. The van der Waals surface area contributed by atoms with Gasteiger partial charge in [-0.05, 0) is 36.1 Å². The number of likely N-dealkylation sites (tertiary alicyclic amines) is 1. The molecule has 3 heterocycles. The van der Waals surface area contributed by atoms with E-state index in [0.29, 0.717) is 44.1 Å². The van der Waals surface area contributed by atoms with Crippen molar-refractivity contribution in [3.8, 4) is 5.75 Å². The van der Waals surface area contributed by atoms with Crippen LogP contribution in [-0.4, -0.2) is 48.2 Å². The molecule has 1 aromatic heterocycles. The second-order valence-electron chi connectivity index (χ2n) is 7.06.